The number of alkyl halides is 1. The molecule has 2 rings (SSSR count). The summed E-state index contributed by atoms with van der Waals surface area (Å²) in [5.41, 5.74) is 0.841. The predicted octanol–water partition coefficient (Wildman–Crippen LogP) is 3.25. The van der Waals surface area contributed by atoms with Gasteiger partial charge in [-0.1, -0.05) is 5.16 Å². The van der Waals surface area contributed by atoms with Crippen LogP contribution < -0.4 is 4.74 Å². The molecule has 1 heterocycles. The van der Waals surface area contributed by atoms with Crippen LogP contribution >= 0.6 is 27.5 Å². The van der Waals surface area contributed by atoms with Crippen molar-refractivity contribution in [1.29, 1.82) is 0 Å². The Morgan fingerprint density at radius 2 is 2.31 bits per heavy atom. The minimum atomic E-state index is 0.213. The van der Waals surface area contributed by atoms with E-state index in [0.717, 1.165) is 15.8 Å². The van der Waals surface area contributed by atoms with Crippen molar-refractivity contribution in [3.63, 3.8) is 0 Å². The van der Waals surface area contributed by atoms with E-state index in [4.69, 9.17) is 20.9 Å². The highest BCUT2D eigenvalue weighted by Gasteiger charge is 2.09. The molecule has 4 nitrogen and oxygen atoms in total. The second kappa shape index (κ2) is 4.84. The van der Waals surface area contributed by atoms with Gasteiger partial charge in [0, 0.05) is 5.56 Å². The second-order valence-electron chi connectivity index (χ2n) is 2.99. The van der Waals surface area contributed by atoms with Crippen molar-refractivity contribution < 1.29 is 9.26 Å². The van der Waals surface area contributed by atoms with Crippen LogP contribution in [-0.4, -0.2) is 17.3 Å². The first-order valence-electron chi connectivity index (χ1n) is 4.47. The van der Waals surface area contributed by atoms with Crippen molar-refractivity contribution >= 4 is 27.5 Å². The molecule has 2 aromatic rings. The zero-order chi connectivity index (χ0) is 11.5. The third-order valence-electron chi connectivity index (χ3n) is 1.99. The molecular formula is C10H8BrClN2O2. The normalized spacial score (nSPS) is 10.4. The fourth-order valence-corrected chi connectivity index (χ4v) is 1.88. The van der Waals surface area contributed by atoms with E-state index in [1.807, 2.05) is 18.2 Å². The molecule has 0 radical (unpaired) electrons. The number of nitrogens with zero attached hydrogens (tertiary/aromatic N) is 2. The number of halogens is 2. The standard InChI is InChI=1S/C10H8BrClN2O2/c1-15-8-3-2-6(4-7(8)11)10-13-9(5-12)16-14-10/h2-4H,5H2,1H3. The van der Waals surface area contributed by atoms with Crippen molar-refractivity contribution in [1.82, 2.24) is 10.1 Å². The van der Waals surface area contributed by atoms with Gasteiger partial charge in [0.15, 0.2) is 0 Å². The van der Waals surface area contributed by atoms with Crippen molar-refractivity contribution in [2.75, 3.05) is 7.11 Å². The topological polar surface area (TPSA) is 48.2 Å². The number of hydrogen-bond acceptors (Lipinski definition) is 4. The minimum Gasteiger partial charge on any atom is -0.496 e. The van der Waals surface area contributed by atoms with E-state index in [1.54, 1.807) is 7.11 Å². The maximum atomic E-state index is 5.58. The van der Waals surface area contributed by atoms with Crippen LogP contribution in [0.2, 0.25) is 0 Å². The quantitative estimate of drug-likeness (QED) is 0.817. The average molecular weight is 304 g/mol. The Kier molecular flexibility index (Phi) is 3.46. The van der Waals surface area contributed by atoms with Gasteiger partial charge in [-0.2, -0.15) is 4.98 Å². The summed E-state index contributed by atoms with van der Waals surface area (Å²) in [7, 11) is 1.61. The van der Waals surface area contributed by atoms with E-state index >= 15 is 0 Å². The molecule has 1 aromatic carbocycles. The van der Waals surface area contributed by atoms with Gasteiger partial charge in [0.25, 0.3) is 0 Å². The zero-order valence-corrected chi connectivity index (χ0v) is 10.7. The van der Waals surface area contributed by atoms with E-state index in [2.05, 4.69) is 26.1 Å². The third-order valence-corrected chi connectivity index (χ3v) is 2.84. The molecule has 0 aliphatic heterocycles. The molecule has 0 N–H and O–H groups in total. The van der Waals surface area contributed by atoms with Gasteiger partial charge in [0.2, 0.25) is 11.7 Å². The molecule has 84 valence electrons. The van der Waals surface area contributed by atoms with Crippen LogP contribution in [-0.2, 0) is 5.88 Å². The Labute approximate surface area is 106 Å². The fraction of sp³-hybridized carbons (Fsp3) is 0.200. The van der Waals surface area contributed by atoms with Gasteiger partial charge in [-0.3, -0.25) is 0 Å². The highest BCUT2D eigenvalue weighted by Crippen LogP contribution is 2.29. The minimum absolute atomic E-state index is 0.213. The highest BCUT2D eigenvalue weighted by molar-refractivity contribution is 9.10. The Morgan fingerprint density at radius 1 is 1.50 bits per heavy atom. The predicted molar refractivity (Wildman–Crippen MR) is 63.5 cm³/mol. The van der Waals surface area contributed by atoms with Gasteiger partial charge in [-0.25, -0.2) is 0 Å². The smallest absolute Gasteiger partial charge is 0.241 e. The third kappa shape index (κ3) is 2.20. The fourth-order valence-electron chi connectivity index (χ4n) is 1.23. The summed E-state index contributed by atoms with van der Waals surface area (Å²) in [5.74, 6) is 1.89. The Morgan fingerprint density at radius 3 is 2.88 bits per heavy atom. The number of benzene rings is 1. The van der Waals surface area contributed by atoms with Crippen LogP contribution in [0, 0.1) is 0 Å². The molecule has 0 spiro atoms. The molecule has 0 unspecified atom stereocenters. The summed E-state index contributed by atoms with van der Waals surface area (Å²) in [6, 6.07) is 5.55. The molecule has 0 amide bonds. The van der Waals surface area contributed by atoms with Crippen LogP contribution in [0.25, 0.3) is 11.4 Å². The first-order chi connectivity index (χ1) is 7.74. The summed E-state index contributed by atoms with van der Waals surface area (Å²) in [6.07, 6.45) is 0. The molecule has 0 aliphatic carbocycles. The SMILES string of the molecule is COc1ccc(-c2noc(CCl)n2)cc1Br. The lowest BCUT2D eigenvalue weighted by atomic mass is 10.2. The Balaban J connectivity index is 2.37. The van der Waals surface area contributed by atoms with Gasteiger partial charge < -0.3 is 9.26 Å². The first kappa shape index (κ1) is 11.4. The van der Waals surface area contributed by atoms with E-state index in [1.165, 1.54) is 0 Å². The lowest BCUT2D eigenvalue weighted by Gasteiger charge is -2.03. The molecule has 1 aromatic heterocycles. The van der Waals surface area contributed by atoms with E-state index in [9.17, 15) is 0 Å². The lowest BCUT2D eigenvalue weighted by molar-refractivity contribution is 0.391. The molecule has 0 atom stereocenters. The lowest BCUT2D eigenvalue weighted by Crippen LogP contribution is -1.86. The van der Waals surface area contributed by atoms with Gasteiger partial charge in [-0.05, 0) is 34.1 Å². The zero-order valence-electron chi connectivity index (χ0n) is 8.41. The molecule has 0 bridgehead atoms. The van der Waals surface area contributed by atoms with Crippen molar-refractivity contribution in [2.24, 2.45) is 0 Å². The second-order valence-corrected chi connectivity index (χ2v) is 4.12. The number of methoxy groups -OCH3 is 1. The van der Waals surface area contributed by atoms with Crippen LogP contribution in [0.1, 0.15) is 5.89 Å². The number of aromatic nitrogens is 2. The summed E-state index contributed by atoms with van der Waals surface area (Å²) < 4.78 is 10.9. The van der Waals surface area contributed by atoms with E-state index in [0.29, 0.717) is 11.7 Å². The Hall–Kier alpha value is -1.07. The van der Waals surface area contributed by atoms with Crippen molar-refractivity contribution in [2.45, 2.75) is 5.88 Å². The first-order valence-corrected chi connectivity index (χ1v) is 5.80. The number of rotatable bonds is 3. The van der Waals surface area contributed by atoms with Crippen LogP contribution in [0.15, 0.2) is 27.2 Å². The largest absolute Gasteiger partial charge is 0.496 e. The summed E-state index contributed by atoms with van der Waals surface area (Å²) in [6.45, 7) is 0. The molecular weight excluding hydrogens is 295 g/mol. The molecule has 0 saturated heterocycles. The monoisotopic (exact) mass is 302 g/mol. The molecule has 0 aliphatic rings. The van der Waals surface area contributed by atoms with E-state index in [-0.39, 0.29) is 5.88 Å². The van der Waals surface area contributed by atoms with Crippen LogP contribution in [0.3, 0.4) is 0 Å². The summed E-state index contributed by atoms with van der Waals surface area (Å²) in [5, 5.41) is 3.82. The van der Waals surface area contributed by atoms with E-state index < -0.39 is 0 Å². The molecule has 16 heavy (non-hydrogen) atoms. The number of ether oxygens (including phenoxy) is 1. The van der Waals surface area contributed by atoms with Gasteiger partial charge in [0.05, 0.1) is 11.6 Å². The highest BCUT2D eigenvalue weighted by atomic mass is 79.9. The molecule has 0 fully saturated rings. The summed E-state index contributed by atoms with van der Waals surface area (Å²) >= 11 is 8.97. The van der Waals surface area contributed by atoms with Gasteiger partial charge in [-0.15, -0.1) is 11.6 Å². The van der Waals surface area contributed by atoms with Crippen molar-refractivity contribution in [3.05, 3.63) is 28.6 Å². The molecule has 0 saturated carbocycles. The Bertz CT molecular complexity index is 501. The van der Waals surface area contributed by atoms with Gasteiger partial charge in [0.1, 0.15) is 11.6 Å². The average Bonchev–Trinajstić information content (AvgIpc) is 2.77. The van der Waals surface area contributed by atoms with Crippen LogP contribution in [0.5, 0.6) is 5.75 Å². The maximum Gasteiger partial charge on any atom is 0.241 e. The van der Waals surface area contributed by atoms with Crippen molar-refractivity contribution in [3.8, 4) is 17.1 Å². The van der Waals surface area contributed by atoms with Crippen LogP contribution in [0.4, 0.5) is 0 Å². The maximum absolute atomic E-state index is 5.58. The molecule has 6 heteroatoms. The van der Waals surface area contributed by atoms with Gasteiger partial charge >= 0.3 is 0 Å². The number of hydrogen-bond donors (Lipinski definition) is 0. The summed E-state index contributed by atoms with van der Waals surface area (Å²) in [4.78, 5) is 4.12.